The molecule has 0 aromatic heterocycles. The Hall–Kier alpha value is 0.860. The van der Waals surface area contributed by atoms with Gasteiger partial charge in [-0.05, 0) is 34.7 Å². The van der Waals surface area contributed by atoms with Crippen LogP contribution in [0.2, 0.25) is 0 Å². The van der Waals surface area contributed by atoms with Gasteiger partial charge in [-0.3, -0.25) is 4.55 Å². The average Bonchev–Trinajstić information content (AvgIpc) is 1.86. The molecule has 6 heteroatoms. The van der Waals surface area contributed by atoms with Gasteiger partial charge in [0.25, 0.3) is 10.1 Å². The molecule has 12 heavy (non-hydrogen) atoms. The molecule has 62 valence electrons. The molecule has 0 amide bonds. The minimum atomic E-state index is -4.04. The summed E-state index contributed by atoms with van der Waals surface area (Å²) in [6.07, 6.45) is 0. The van der Waals surface area contributed by atoms with E-state index in [0.29, 0.717) is 3.57 Å². The van der Waals surface area contributed by atoms with E-state index in [9.17, 15) is 8.42 Å². The summed E-state index contributed by atoms with van der Waals surface area (Å²) in [5.74, 6) is 0. The van der Waals surface area contributed by atoms with E-state index in [1.165, 1.54) is 6.07 Å². The van der Waals surface area contributed by atoms with E-state index < -0.39 is 10.1 Å². The van der Waals surface area contributed by atoms with Crippen molar-refractivity contribution in [2.24, 2.45) is 0 Å². The van der Waals surface area contributed by atoms with Crippen molar-refractivity contribution in [2.45, 2.75) is 4.90 Å². The van der Waals surface area contributed by atoms with Crippen molar-refractivity contribution in [3.63, 3.8) is 0 Å². The Kier molecular flexibility index (Phi) is 5.27. The second kappa shape index (κ2) is 4.92. The minimum absolute atomic E-state index is 0. The zero-order valence-electron chi connectivity index (χ0n) is 5.36. The van der Waals surface area contributed by atoms with Crippen LogP contribution in [0.4, 0.5) is 0 Å². The molecule has 0 aliphatic carbocycles. The molecule has 3 nitrogen and oxygen atoms in total. The summed E-state index contributed by atoms with van der Waals surface area (Å²) >= 11 is 1.85. The average molecular weight is 308 g/mol. The van der Waals surface area contributed by atoms with Crippen LogP contribution in [-0.4, -0.2) is 42.5 Å². The Morgan fingerprint density at radius 2 is 1.75 bits per heavy atom. The van der Waals surface area contributed by atoms with Crippen LogP contribution in [0.25, 0.3) is 0 Å². The second-order valence-corrected chi connectivity index (χ2v) is 4.46. The number of rotatable bonds is 1. The van der Waals surface area contributed by atoms with Gasteiger partial charge in [0.2, 0.25) is 0 Å². The number of halogens is 1. The maximum atomic E-state index is 10.6. The monoisotopic (exact) mass is 308 g/mol. The SMILES string of the molecule is O=S(=O)(O)c1ccccc1I.[NaH]. The van der Waals surface area contributed by atoms with Crippen molar-refractivity contribution >= 4 is 62.3 Å². The van der Waals surface area contributed by atoms with Crippen LogP contribution >= 0.6 is 22.6 Å². The normalized spacial score (nSPS) is 10.5. The van der Waals surface area contributed by atoms with E-state index in [-0.39, 0.29) is 34.5 Å². The predicted molar refractivity (Wildman–Crippen MR) is 56.1 cm³/mol. The van der Waals surface area contributed by atoms with E-state index in [4.69, 9.17) is 4.55 Å². The van der Waals surface area contributed by atoms with E-state index in [1.54, 1.807) is 18.2 Å². The van der Waals surface area contributed by atoms with Gasteiger partial charge in [-0.1, -0.05) is 12.1 Å². The molecule has 0 heterocycles. The first-order chi connectivity index (χ1) is 5.02. The van der Waals surface area contributed by atoms with Crippen LogP contribution in [0.1, 0.15) is 0 Å². The third kappa shape index (κ3) is 3.31. The molecule has 0 radical (unpaired) electrons. The third-order valence-electron chi connectivity index (χ3n) is 1.11. The van der Waals surface area contributed by atoms with Crippen molar-refractivity contribution in [2.75, 3.05) is 0 Å². The van der Waals surface area contributed by atoms with Crippen LogP contribution in [0.15, 0.2) is 29.2 Å². The van der Waals surface area contributed by atoms with Crippen LogP contribution < -0.4 is 0 Å². The molecule has 0 spiro atoms. The standard InChI is InChI=1S/C6H5IO3S.Na.H/c7-5-3-1-2-4-6(5)11(8,9)10;;/h1-4H,(H,8,9,10);;. The first-order valence-electron chi connectivity index (χ1n) is 2.74. The number of hydrogen-bond acceptors (Lipinski definition) is 2. The Morgan fingerprint density at radius 1 is 1.25 bits per heavy atom. The summed E-state index contributed by atoms with van der Waals surface area (Å²) in [6.45, 7) is 0. The molecule has 0 unspecified atom stereocenters. The fraction of sp³-hybridized carbons (Fsp3) is 0. The van der Waals surface area contributed by atoms with Gasteiger partial charge in [0.1, 0.15) is 4.90 Å². The first-order valence-corrected chi connectivity index (χ1v) is 5.26. The Balaban J connectivity index is 0.00000121. The summed E-state index contributed by atoms with van der Waals surface area (Å²) in [6, 6.07) is 6.24. The Bertz CT molecular complexity index is 363. The zero-order chi connectivity index (χ0) is 8.48. The number of hydrogen-bond donors (Lipinski definition) is 1. The van der Waals surface area contributed by atoms with Gasteiger partial charge in [0, 0.05) is 3.57 Å². The molecule has 0 atom stereocenters. The van der Waals surface area contributed by atoms with Gasteiger partial charge < -0.3 is 0 Å². The number of benzene rings is 1. The Labute approximate surface area is 107 Å². The molecular formula is C6H6INaO3S. The molecule has 1 N–H and O–H groups in total. The van der Waals surface area contributed by atoms with Crippen molar-refractivity contribution in [3.8, 4) is 0 Å². The topological polar surface area (TPSA) is 54.4 Å². The molecular weight excluding hydrogens is 302 g/mol. The molecule has 0 saturated heterocycles. The van der Waals surface area contributed by atoms with E-state index in [1.807, 2.05) is 22.6 Å². The molecule has 0 fully saturated rings. The predicted octanol–water partition coefficient (Wildman–Crippen LogP) is 0.889. The first kappa shape index (κ1) is 12.9. The van der Waals surface area contributed by atoms with Gasteiger partial charge in [0.05, 0.1) is 0 Å². The second-order valence-electron chi connectivity index (χ2n) is 1.91. The molecule has 0 aliphatic rings. The molecule has 0 bridgehead atoms. The van der Waals surface area contributed by atoms with Gasteiger partial charge in [-0.15, -0.1) is 0 Å². The van der Waals surface area contributed by atoms with Crippen molar-refractivity contribution in [3.05, 3.63) is 27.8 Å². The molecule has 0 aliphatic heterocycles. The van der Waals surface area contributed by atoms with Crippen LogP contribution in [0.5, 0.6) is 0 Å². The van der Waals surface area contributed by atoms with Gasteiger partial charge in [-0.2, -0.15) is 8.42 Å². The van der Waals surface area contributed by atoms with Crippen LogP contribution in [-0.2, 0) is 10.1 Å². The van der Waals surface area contributed by atoms with Crippen molar-refractivity contribution in [1.29, 1.82) is 0 Å². The molecule has 1 aromatic carbocycles. The van der Waals surface area contributed by atoms with Gasteiger partial charge in [-0.25, -0.2) is 0 Å². The van der Waals surface area contributed by atoms with E-state index in [0.717, 1.165) is 0 Å². The zero-order valence-corrected chi connectivity index (χ0v) is 8.33. The molecule has 1 aromatic rings. The summed E-state index contributed by atoms with van der Waals surface area (Å²) < 4.78 is 30.4. The fourth-order valence-electron chi connectivity index (χ4n) is 0.654. The maximum absolute atomic E-state index is 10.6. The molecule has 0 saturated carbocycles. The quantitative estimate of drug-likeness (QED) is 0.476. The summed E-state index contributed by atoms with van der Waals surface area (Å²) in [5, 5.41) is 0. The van der Waals surface area contributed by atoms with Crippen molar-refractivity contribution < 1.29 is 13.0 Å². The Morgan fingerprint density at radius 3 is 2.08 bits per heavy atom. The third-order valence-corrected chi connectivity index (χ3v) is 3.33. The molecule has 1 rings (SSSR count). The van der Waals surface area contributed by atoms with Crippen LogP contribution in [0, 0.1) is 3.57 Å². The van der Waals surface area contributed by atoms with Gasteiger partial charge in [0.15, 0.2) is 0 Å². The van der Waals surface area contributed by atoms with Crippen molar-refractivity contribution in [1.82, 2.24) is 0 Å². The fourth-order valence-corrected chi connectivity index (χ4v) is 2.44. The summed E-state index contributed by atoms with van der Waals surface area (Å²) in [5.41, 5.74) is 0. The van der Waals surface area contributed by atoms with E-state index in [2.05, 4.69) is 0 Å². The summed E-state index contributed by atoms with van der Waals surface area (Å²) in [4.78, 5) is -0.0411. The summed E-state index contributed by atoms with van der Waals surface area (Å²) in [7, 11) is -4.04. The van der Waals surface area contributed by atoms with E-state index >= 15 is 0 Å². The van der Waals surface area contributed by atoms with Crippen LogP contribution in [0.3, 0.4) is 0 Å². The van der Waals surface area contributed by atoms with Gasteiger partial charge >= 0.3 is 29.6 Å².